The van der Waals surface area contributed by atoms with Gasteiger partial charge in [-0.1, -0.05) is 19.1 Å². The molecule has 2 aromatic rings. The van der Waals surface area contributed by atoms with Gasteiger partial charge < -0.3 is 19.5 Å². The lowest BCUT2D eigenvalue weighted by Crippen LogP contribution is -2.28. The molecule has 0 unspecified atom stereocenters. The number of carbonyl (C=O) groups excluding carboxylic acids is 1. The Morgan fingerprint density at radius 1 is 1.00 bits per heavy atom. The number of nitrogens with one attached hydrogen (secondary N) is 1. The molecule has 2 rings (SSSR count). The summed E-state index contributed by atoms with van der Waals surface area (Å²) < 4.78 is 15.8. The molecule has 1 amide bonds. The summed E-state index contributed by atoms with van der Waals surface area (Å²) in [6.07, 6.45) is 0.776. The highest BCUT2D eigenvalue weighted by Gasteiger charge is 2.16. The fourth-order valence-electron chi connectivity index (χ4n) is 2.72. The Labute approximate surface area is 148 Å². The molecule has 0 saturated heterocycles. The van der Waals surface area contributed by atoms with Gasteiger partial charge in [-0.3, -0.25) is 4.79 Å². The summed E-state index contributed by atoms with van der Waals surface area (Å²) in [5, 5.41) is 3.08. The summed E-state index contributed by atoms with van der Waals surface area (Å²) in [6, 6.07) is 11.0. The van der Waals surface area contributed by atoms with E-state index in [9.17, 15) is 4.79 Å². The number of rotatable bonds is 7. The first kappa shape index (κ1) is 18.6. The predicted molar refractivity (Wildman–Crippen MR) is 97.8 cm³/mol. The zero-order chi connectivity index (χ0) is 18.4. The van der Waals surface area contributed by atoms with E-state index in [0.717, 1.165) is 23.3 Å². The van der Waals surface area contributed by atoms with Crippen LogP contribution in [0.25, 0.3) is 0 Å². The number of methoxy groups -OCH3 is 3. The Morgan fingerprint density at radius 3 is 2.12 bits per heavy atom. The molecule has 0 saturated carbocycles. The van der Waals surface area contributed by atoms with E-state index in [1.165, 1.54) is 0 Å². The maximum atomic E-state index is 12.7. The van der Waals surface area contributed by atoms with E-state index in [-0.39, 0.29) is 11.9 Å². The van der Waals surface area contributed by atoms with Gasteiger partial charge >= 0.3 is 0 Å². The van der Waals surface area contributed by atoms with Gasteiger partial charge in [-0.05, 0) is 42.7 Å². The molecule has 5 heteroatoms. The quantitative estimate of drug-likeness (QED) is 0.828. The Morgan fingerprint density at radius 2 is 1.64 bits per heavy atom. The molecule has 0 radical (unpaired) electrons. The molecule has 0 aliphatic heterocycles. The van der Waals surface area contributed by atoms with Crippen LogP contribution in [0.2, 0.25) is 0 Å². The number of carbonyl (C=O) groups is 1. The van der Waals surface area contributed by atoms with Gasteiger partial charge in [0.2, 0.25) is 0 Å². The Hall–Kier alpha value is -2.69. The second-order valence-electron chi connectivity index (χ2n) is 5.76. The van der Waals surface area contributed by atoms with Crippen LogP contribution in [-0.2, 0) is 0 Å². The van der Waals surface area contributed by atoms with Gasteiger partial charge in [0.15, 0.2) is 0 Å². The predicted octanol–water partition coefficient (Wildman–Crippen LogP) is 3.90. The highest BCUT2D eigenvalue weighted by molar-refractivity contribution is 5.95. The Bertz CT molecular complexity index is 720. The van der Waals surface area contributed by atoms with Crippen LogP contribution in [0.3, 0.4) is 0 Å². The van der Waals surface area contributed by atoms with Crippen LogP contribution in [-0.4, -0.2) is 27.2 Å². The van der Waals surface area contributed by atoms with Crippen molar-refractivity contribution in [3.8, 4) is 17.2 Å². The molecule has 0 aromatic heterocycles. The van der Waals surface area contributed by atoms with Gasteiger partial charge in [-0.2, -0.15) is 0 Å². The molecule has 134 valence electrons. The smallest absolute Gasteiger partial charge is 0.252 e. The summed E-state index contributed by atoms with van der Waals surface area (Å²) in [6.45, 7) is 4.03. The van der Waals surface area contributed by atoms with Crippen molar-refractivity contribution in [3.05, 3.63) is 53.1 Å². The Kier molecular flexibility index (Phi) is 6.28. The summed E-state index contributed by atoms with van der Waals surface area (Å²) in [4.78, 5) is 12.7. The van der Waals surface area contributed by atoms with Crippen LogP contribution in [0, 0.1) is 6.92 Å². The molecule has 25 heavy (non-hydrogen) atoms. The number of ether oxygens (including phenoxy) is 3. The van der Waals surface area contributed by atoms with Crippen molar-refractivity contribution in [1.82, 2.24) is 5.32 Å². The minimum absolute atomic E-state index is 0.0886. The first-order valence-corrected chi connectivity index (χ1v) is 8.20. The molecule has 0 fully saturated rings. The van der Waals surface area contributed by atoms with Gasteiger partial charge in [0.05, 0.1) is 27.4 Å². The fraction of sp³-hybridized carbons (Fsp3) is 0.350. The zero-order valence-corrected chi connectivity index (χ0v) is 15.4. The molecule has 0 heterocycles. The standard InChI is InChI=1S/C20H25NO4/c1-6-18(14-7-8-19(25-5)13(2)9-14)21-20(22)15-10-16(23-3)12-17(11-15)24-4/h7-12,18H,6H2,1-5H3,(H,21,22)/t18-/m1/s1. The van der Waals surface area contributed by atoms with Crippen molar-refractivity contribution in [2.45, 2.75) is 26.3 Å². The minimum Gasteiger partial charge on any atom is -0.497 e. The number of aryl methyl sites for hydroxylation is 1. The summed E-state index contributed by atoms with van der Waals surface area (Å²) in [7, 11) is 4.77. The average molecular weight is 343 g/mol. The average Bonchev–Trinajstić information content (AvgIpc) is 2.65. The largest absolute Gasteiger partial charge is 0.497 e. The topological polar surface area (TPSA) is 56.8 Å². The van der Waals surface area contributed by atoms with Gasteiger partial charge in [-0.25, -0.2) is 0 Å². The number of benzene rings is 2. The highest BCUT2D eigenvalue weighted by Crippen LogP contribution is 2.26. The molecule has 5 nitrogen and oxygen atoms in total. The first-order chi connectivity index (χ1) is 12.0. The monoisotopic (exact) mass is 343 g/mol. The molecule has 0 aliphatic carbocycles. The third-order valence-electron chi connectivity index (χ3n) is 4.15. The fourth-order valence-corrected chi connectivity index (χ4v) is 2.72. The molecular formula is C20H25NO4. The maximum absolute atomic E-state index is 12.7. The van der Waals surface area contributed by atoms with Gasteiger partial charge in [0, 0.05) is 11.6 Å². The lowest BCUT2D eigenvalue weighted by atomic mass is 10.0. The van der Waals surface area contributed by atoms with Crippen LogP contribution in [0.5, 0.6) is 17.2 Å². The molecule has 0 spiro atoms. The summed E-state index contributed by atoms with van der Waals surface area (Å²) in [5.74, 6) is 1.83. The van der Waals surface area contributed by atoms with Crippen LogP contribution in [0.15, 0.2) is 36.4 Å². The summed E-state index contributed by atoms with van der Waals surface area (Å²) in [5.41, 5.74) is 2.58. The molecule has 2 aromatic carbocycles. The van der Waals surface area contributed by atoms with Crippen LogP contribution in [0.1, 0.15) is 40.9 Å². The molecule has 0 aliphatic rings. The lowest BCUT2D eigenvalue weighted by molar-refractivity contribution is 0.0935. The molecular weight excluding hydrogens is 318 g/mol. The van der Waals surface area contributed by atoms with Crippen molar-refractivity contribution in [2.24, 2.45) is 0 Å². The normalized spacial score (nSPS) is 11.6. The Balaban J connectivity index is 2.24. The van der Waals surface area contributed by atoms with Crippen LogP contribution in [0.4, 0.5) is 0 Å². The van der Waals surface area contributed by atoms with Crippen molar-refractivity contribution >= 4 is 5.91 Å². The first-order valence-electron chi connectivity index (χ1n) is 8.20. The van der Waals surface area contributed by atoms with E-state index >= 15 is 0 Å². The summed E-state index contributed by atoms with van der Waals surface area (Å²) >= 11 is 0. The second kappa shape index (κ2) is 8.42. The minimum atomic E-state index is -0.169. The van der Waals surface area contributed by atoms with Gasteiger partial charge in [-0.15, -0.1) is 0 Å². The molecule has 1 atom stereocenters. The van der Waals surface area contributed by atoms with Gasteiger partial charge in [0.1, 0.15) is 17.2 Å². The van der Waals surface area contributed by atoms with Crippen LogP contribution >= 0.6 is 0 Å². The number of hydrogen-bond donors (Lipinski definition) is 1. The number of amides is 1. The van der Waals surface area contributed by atoms with Gasteiger partial charge in [0.25, 0.3) is 5.91 Å². The highest BCUT2D eigenvalue weighted by atomic mass is 16.5. The molecule has 1 N–H and O–H groups in total. The van der Waals surface area contributed by atoms with Crippen molar-refractivity contribution in [1.29, 1.82) is 0 Å². The second-order valence-corrected chi connectivity index (χ2v) is 5.76. The van der Waals surface area contributed by atoms with E-state index in [1.807, 2.05) is 32.0 Å². The van der Waals surface area contributed by atoms with E-state index in [2.05, 4.69) is 5.32 Å². The zero-order valence-electron chi connectivity index (χ0n) is 15.4. The SMILES string of the molecule is CC[C@@H](NC(=O)c1cc(OC)cc(OC)c1)c1ccc(OC)c(C)c1. The van der Waals surface area contributed by atoms with E-state index in [0.29, 0.717) is 17.1 Å². The number of hydrogen-bond acceptors (Lipinski definition) is 4. The molecule has 0 bridgehead atoms. The van der Waals surface area contributed by atoms with Crippen molar-refractivity contribution < 1.29 is 19.0 Å². The third kappa shape index (κ3) is 4.44. The third-order valence-corrected chi connectivity index (χ3v) is 4.15. The van der Waals surface area contributed by atoms with Crippen molar-refractivity contribution in [3.63, 3.8) is 0 Å². The van der Waals surface area contributed by atoms with E-state index in [1.54, 1.807) is 39.5 Å². The van der Waals surface area contributed by atoms with Crippen molar-refractivity contribution in [2.75, 3.05) is 21.3 Å². The van der Waals surface area contributed by atoms with E-state index in [4.69, 9.17) is 14.2 Å². The maximum Gasteiger partial charge on any atom is 0.252 e. The van der Waals surface area contributed by atoms with E-state index < -0.39 is 0 Å². The van der Waals surface area contributed by atoms with Crippen LogP contribution < -0.4 is 19.5 Å². The lowest BCUT2D eigenvalue weighted by Gasteiger charge is -2.19.